The highest BCUT2D eigenvalue weighted by atomic mass is 16.5. The van der Waals surface area contributed by atoms with Crippen LogP contribution in [0.5, 0.6) is 0 Å². The molecule has 0 radical (unpaired) electrons. The minimum Gasteiger partial charge on any atom is -0.361 e. The van der Waals surface area contributed by atoms with E-state index in [1.54, 1.807) is 17.2 Å². The molecule has 0 unspecified atom stereocenters. The lowest BCUT2D eigenvalue weighted by atomic mass is 10.1. The van der Waals surface area contributed by atoms with Crippen molar-refractivity contribution in [1.29, 1.82) is 0 Å². The second-order valence-electron chi connectivity index (χ2n) is 8.66. The van der Waals surface area contributed by atoms with Crippen molar-refractivity contribution in [2.75, 3.05) is 42.9 Å². The minimum atomic E-state index is -0.0738. The fraction of sp³-hybridized carbons (Fsp3) is 0.545. The normalized spacial score (nSPS) is 21.5. The smallest absolute Gasteiger partial charge is 0.255 e. The molecule has 5 rings (SSSR count). The molecule has 3 aliphatic rings. The number of anilines is 2. The van der Waals surface area contributed by atoms with Gasteiger partial charge in [0.15, 0.2) is 5.82 Å². The molecule has 2 fully saturated rings. The van der Waals surface area contributed by atoms with Crippen molar-refractivity contribution in [2.45, 2.75) is 45.7 Å². The molecule has 31 heavy (non-hydrogen) atoms. The number of amides is 2. The third-order valence-corrected chi connectivity index (χ3v) is 6.70. The molecule has 0 aromatic carbocycles. The first-order valence-electron chi connectivity index (χ1n) is 11.0. The maximum absolute atomic E-state index is 13.4. The lowest BCUT2D eigenvalue weighted by molar-refractivity contribution is -0.117. The van der Waals surface area contributed by atoms with E-state index < -0.39 is 0 Å². The molecule has 0 spiro atoms. The van der Waals surface area contributed by atoms with E-state index >= 15 is 0 Å². The number of rotatable bonds is 3. The standard InChI is InChI=1S/C22H28N6O3/c1-14-18(15(2)31-25-14)13-28-19-9-16(10-23-21(19)24-11-20(28)29)22(30)27-8-4-7-26-6-3-5-17(26)12-27/h9-10,17H,3-8,11-13H2,1-2H3,(H,23,24)/t17-/m0/s1. The van der Waals surface area contributed by atoms with Gasteiger partial charge in [0.2, 0.25) is 5.91 Å². The summed E-state index contributed by atoms with van der Waals surface area (Å²) in [6.07, 6.45) is 4.96. The average molecular weight is 425 g/mol. The van der Waals surface area contributed by atoms with E-state index in [1.807, 2.05) is 18.7 Å². The summed E-state index contributed by atoms with van der Waals surface area (Å²) in [4.78, 5) is 36.7. The van der Waals surface area contributed by atoms with Crippen LogP contribution < -0.4 is 10.2 Å². The van der Waals surface area contributed by atoms with Crippen LogP contribution in [-0.4, -0.2) is 70.5 Å². The topological polar surface area (TPSA) is 94.8 Å². The number of nitrogens with one attached hydrogen (secondary N) is 1. The Kier molecular flexibility index (Phi) is 5.13. The molecule has 9 heteroatoms. The number of carbonyl (C=O) groups excluding carboxylic acids is 2. The molecule has 0 aliphatic carbocycles. The fourth-order valence-corrected chi connectivity index (χ4v) is 4.93. The summed E-state index contributed by atoms with van der Waals surface area (Å²) >= 11 is 0. The van der Waals surface area contributed by atoms with Crippen LogP contribution in [0.3, 0.4) is 0 Å². The predicted molar refractivity (Wildman–Crippen MR) is 115 cm³/mol. The summed E-state index contributed by atoms with van der Waals surface area (Å²) in [5.74, 6) is 1.21. The van der Waals surface area contributed by atoms with E-state index in [-0.39, 0.29) is 18.4 Å². The molecule has 0 saturated carbocycles. The van der Waals surface area contributed by atoms with Crippen LogP contribution in [0.1, 0.15) is 46.6 Å². The predicted octanol–water partition coefficient (Wildman–Crippen LogP) is 1.96. The van der Waals surface area contributed by atoms with Gasteiger partial charge >= 0.3 is 0 Å². The van der Waals surface area contributed by atoms with Gasteiger partial charge in [-0.05, 0) is 45.7 Å². The molecular formula is C22H28N6O3. The fourth-order valence-electron chi connectivity index (χ4n) is 4.93. The molecule has 0 bridgehead atoms. The second-order valence-corrected chi connectivity index (χ2v) is 8.66. The first-order valence-corrected chi connectivity index (χ1v) is 11.0. The van der Waals surface area contributed by atoms with Crippen LogP contribution in [0.25, 0.3) is 0 Å². The van der Waals surface area contributed by atoms with Gasteiger partial charge in [-0.25, -0.2) is 4.98 Å². The van der Waals surface area contributed by atoms with E-state index in [9.17, 15) is 9.59 Å². The maximum Gasteiger partial charge on any atom is 0.255 e. The Morgan fingerprint density at radius 3 is 2.90 bits per heavy atom. The Hall–Kier alpha value is -2.94. The first kappa shape index (κ1) is 20.0. The highest BCUT2D eigenvalue weighted by molar-refractivity contribution is 6.04. The van der Waals surface area contributed by atoms with Gasteiger partial charge in [0.05, 0.1) is 30.0 Å². The number of pyridine rings is 1. The van der Waals surface area contributed by atoms with Crippen molar-refractivity contribution >= 4 is 23.3 Å². The van der Waals surface area contributed by atoms with Gasteiger partial charge in [-0.15, -0.1) is 0 Å². The molecule has 1 atom stereocenters. The van der Waals surface area contributed by atoms with E-state index in [0.717, 1.165) is 50.3 Å². The van der Waals surface area contributed by atoms with E-state index in [2.05, 4.69) is 20.4 Å². The second kappa shape index (κ2) is 7.96. The van der Waals surface area contributed by atoms with Crippen LogP contribution in [0.4, 0.5) is 11.5 Å². The first-order chi connectivity index (χ1) is 15.0. The lowest BCUT2D eigenvalue weighted by Gasteiger charge is -2.30. The average Bonchev–Trinajstić information content (AvgIpc) is 3.28. The Labute approximate surface area is 181 Å². The SMILES string of the molecule is Cc1noc(C)c1CN1C(=O)CNc2ncc(C(=O)N3CCCN4CCC[C@H]4C3)cc21. The number of fused-ring (bicyclic) bond motifs is 2. The van der Waals surface area contributed by atoms with Crippen LogP contribution >= 0.6 is 0 Å². The van der Waals surface area contributed by atoms with Crippen LogP contribution in [0, 0.1) is 13.8 Å². The van der Waals surface area contributed by atoms with Gasteiger partial charge in [0.25, 0.3) is 5.91 Å². The zero-order valence-electron chi connectivity index (χ0n) is 18.1. The zero-order chi connectivity index (χ0) is 21.5. The van der Waals surface area contributed by atoms with E-state index in [1.165, 1.54) is 6.42 Å². The molecular weight excluding hydrogens is 396 g/mol. The van der Waals surface area contributed by atoms with Crippen LogP contribution in [0.15, 0.2) is 16.8 Å². The molecule has 2 amide bonds. The third-order valence-electron chi connectivity index (χ3n) is 6.70. The summed E-state index contributed by atoms with van der Waals surface area (Å²) in [7, 11) is 0. The van der Waals surface area contributed by atoms with Crippen molar-refractivity contribution in [1.82, 2.24) is 19.9 Å². The van der Waals surface area contributed by atoms with Crippen LogP contribution in [0.2, 0.25) is 0 Å². The third kappa shape index (κ3) is 3.67. The Balaban J connectivity index is 1.42. The zero-order valence-corrected chi connectivity index (χ0v) is 18.1. The van der Waals surface area contributed by atoms with Crippen molar-refractivity contribution in [2.24, 2.45) is 0 Å². The quantitative estimate of drug-likeness (QED) is 0.805. The van der Waals surface area contributed by atoms with Gasteiger partial charge in [-0.2, -0.15) is 0 Å². The number of nitrogens with zero attached hydrogens (tertiary/aromatic N) is 5. The van der Waals surface area contributed by atoms with Gasteiger partial charge in [0.1, 0.15) is 5.76 Å². The van der Waals surface area contributed by atoms with Crippen LogP contribution in [-0.2, 0) is 11.3 Å². The minimum absolute atomic E-state index is 0.0145. The Morgan fingerprint density at radius 1 is 1.26 bits per heavy atom. The van der Waals surface area contributed by atoms with Gasteiger partial charge < -0.3 is 19.6 Å². The number of aromatic nitrogens is 2. The summed E-state index contributed by atoms with van der Waals surface area (Å²) in [5, 5.41) is 7.06. The number of hydrogen-bond donors (Lipinski definition) is 1. The lowest BCUT2D eigenvalue weighted by Crippen LogP contribution is -2.41. The van der Waals surface area contributed by atoms with E-state index in [4.69, 9.17) is 4.52 Å². The highest BCUT2D eigenvalue weighted by Crippen LogP contribution is 2.31. The van der Waals surface area contributed by atoms with Crippen molar-refractivity contribution in [3.8, 4) is 0 Å². The van der Waals surface area contributed by atoms with Gasteiger partial charge in [-0.1, -0.05) is 5.16 Å². The summed E-state index contributed by atoms with van der Waals surface area (Å²) < 4.78 is 5.26. The summed E-state index contributed by atoms with van der Waals surface area (Å²) in [6.45, 7) is 7.92. The van der Waals surface area contributed by atoms with Crippen molar-refractivity contribution in [3.05, 3.63) is 34.8 Å². The number of hydrogen-bond acceptors (Lipinski definition) is 7. The number of aryl methyl sites for hydroxylation is 2. The van der Waals surface area contributed by atoms with Crippen molar-refractivity contribution in [3.63, 3.8) is 0 Å². The Bertz CT molecular complexity index is 999. The van der Waals surface area contributed by atoms with Crippen molar-refractivity contribution < 1.29 is 14.1 Å². The summed E-state index contributed by atoms with van der Waals surface area (Å²) in [6, 6.07) is 2.25. The van der Waals surface area contributed by atoms with E-state index in [0.29, 0.717) is 35.4 Å². The highest BCUT2D eigenvalue weighted by Gasteiger charge is 2.32. The molecule has 3 aliphatic heterocycles. The largest absolute Gasteiger partial charge is 0.361 e. The molecule has 164 valence electrons. The molecule has 2 aromatic heterocycles. The van der Waals surface area contributed by atoms with Gasteiger partial charge in [0, 0.05) is 37.4 Å². The van der Waals surface area contributed by atoms with Gasteiger partial charge in [-0.3, -0.25) is 14.5 Å². The Morgan fingerprint density at radius 2 is 2.10 bits per heavy atom. The molecule has 9 nitrogen and oxygen atoms in total. The molecule has 2 aromatic rings. The molecule has 2 saturated heterocycles. The molecule has 5 heterocycles. The monoisotopic (exact) mass is 424 g/mol. The number of carbonyl (C=O) groups is 2. The molecule has 1 N–H and O–H groups in total. The summed E-state index contributed by atoms with van der Waals surface area (Å²) in [5.41, 5.74) is 2.79. The maximum atomic E-state index is 13.4.